The topological polar surface area (TPSA) is 86.8 Å². The molecule has 2 aromatic carbocycles. The molecule has 1 aliphatic rings. The summed E-state index contributed by atoms with van der Waals surface area (Å²) in [5, 5.41) is 2.71. The maximum atomic E-state index is 13.1. The molecule has 1 N–H and O–H groups in total. The summed E-state index contributed by atoms with van der Waals surface area (Å²) >= 11 is 1.08. The lowest BCUT2D eigenvalue weighted by Crippen LogP contribution is -2.47. The van der Waals surface area contributed by atoms with Crippen molar-refractivity contribution < 1.29 is 19.2 Å². The second-order valence-corrected chi connectivity index (χ2v) is 8.97. The summed E-state index contributed by atoms with van der Waals surface area (Å²) in [7, 11) is 3.36. The van der Waals surface area contributed by atoms with Crippen molar-refractivity contribution in [3.63, 3.8) is 0 Å². The fraction of sp³-hybridized carbons (Fsp3) is 0.304. The van der Waals surface area contributed by atoms with Crippen LogP contribution in [0.2, 0.25) is 0 Å². The number of hydrogen-bond donors (Lipinski definition) is 1. The van der Waals surface area contributed by atoms with Gasteiger partial charge in [0, 0.05) is 24.7 Å². The second-order valence-electron chi connectivity index (χ2n) is 7.95. The molecule has 0 spiro atoms. The van der Waals surface area contributed by atoms with Crippen LogP contribution in [-0.4, -0.2) is 52.9 Å². The van der Waals surface area contributed by atoms with E-state index in [9.17, 15) is 19.2 Å². The van der Waals surface area contributed by atoms with Crippen molar-refractivity contribution in [2.75, 3.05) is 19.4 Å². The quantitative estimate of drug-likeness (QED) is 0.541. The standard InChI is InChI=1S/C23H25N3O4S/c1-14(2)13-19(26-21(28)17-7-5-6-8-18(17)22(26)29)20(27)24-15-9-11-16(12-10-15)31-23(30)25(3)4/h5-12,14,19H,13H2,1-4H3,(H,24,27). The molecule has 1 atom stereocenters. The number of rotatable bonds is 6. The fourth-order valence-corrected chi connectivity index (χ4v) is 3.95. The number of nitrogens with zero attached hydrogens (tertiary/aromatic N) is 2. The zero-order valence-corrected chi connectivity index (χ0v) is 18.7. The van der Waals surface area contributed by atoms with Crippen LogP contribution in [0.1, 0.15) is 41.0 Å². The zero-order valence-electron chi connectivity index (χ0n) is 17.9. The number of hydrogen-bond acceptors (Lipinski definition) is 5. The molecular weight excluding hydrogens is 414 g/mol. The van der Waals surface area contributed by atoms with Crippen molar-refractivity contribution in [2.45, 2.75) is 31.2 Å². The lowest BCUT2D eigenvalue weighted by Gasteiger charge is -2.26. The molecular formula is C23H25N3O4S. The van der Waals surface area contributed by atoms with Gasteiger partial charge in [-0.25, -0.2) is 0 Å². The smallest absolute Gasteiger partial charge is 0.285 e. The van der Waals surface area contributed by atoms with Gasteiger partial charge in [-0.05, 0) is 60.5 Å². The number of amides is 4. The van der Waals surface area contributed by atoms with Gasteiger partial charge in [0.2, 0.25) is 5.91 Å². The third-order valence-electron chi connectivity index (χ3n) is 4.83. The van der Waals surface area contributed by atoms with Gasteiger partial charge in [-0.1, -0.05) is 26.0 Å². The van der Waals surface area contributed by atoms with Crippen LogP contribution in [0.5, 0.6) is 0 Å². The van der Waals surface area contributed by atoms with Crippen molar-refractivity contribution in [3.05, 3.63) is 59.7 Å². The molecule has 0 radical (unpaired) electrons. The number of carbonyl (C=O) groups is 4. The molecule has 7 nitrogen and oxygen atoms in total. The summed E-state index contributed by atoms with van der Waals surface area (Å²) in [6.07, 6.45) is 0.350. The lowest BCUT2D eigenvalue weighted by molar-refractivity contribution is -0.120. The van der Waals surface area contributed by atoms with Crippen molar-refractivity contribution in [1.82, 2.24) is 9.80 Å². The van der Waals surface area contributed by atoms with E-state index < -0.39 is 23.8 Å². The highest BCUT2D eigenvalue weighted by Gasteiger charge is 2.42. The van der Waals surface area contributed by atoms with Gasteiger partial charge in [0.05, 0.1) is 11.1 Å². The maximum Gasteiger partial charge on any atom is 0.285 e. The van der Waals surface area contributed by atoms with Crippen LogP contribution in [0.4, 0.5) is 10.5 Å². The Kier molecular flexibility index (Phi) is 6.80. The predicted octanol–water partition coefficient (Wildman–Crippen LogP) is 4.11. The highest BCUT2D eigenvalue weighted by atomic mass is 32.2. The van der Waals surface area contributed by atoms with Crippen LogP contribution < -0.4 is 5.32 Å². The maximum absolute atomic E-state index is 13.1. The summed E-state index contributed by atoms with van der Waals surface area (Å²) < 4.78 is 0. The molecule has 1 heterocycles. The third-order valence-corrected chi connectivity index (χ3v) is 5.87. The molecule has 0 saturated heterocycles. The number of anilines is 1. The number of fused-ring (bicyclic) bond motifs is 1. The predicted molar refractivity (Wildman–Crippen MR) is 120 cm³/mol. The van der Waals surface area contributed by atoms with Gasteiger partial charge >= 0.3 is 0 Å². The van der Waals surface area contributed by atoms with Gasteiger partial charge in [0.1, 0.15) is 6.04 Å². The average Bonchev–Trinajstić information content (AvgIpc) is 2.98. The highest BCUT2D eigenvalue weighted by Crippen LogP contribution is 2.28. The number of nitrogens with one attached hydrogen (secondary N) is 1. The molecule has 1 aliphatic heterocycles. The number of imide groups is 1. The van der Waals surface area contributed by atoms with Crippen LogP contribution in [0.3, 0.4) is 0 Å². The number of benzene rings is 2. The Hall–Kier alpha value is -3.13. The highest BCUT2D eigenvalue weighted by molar-refractivity contribution is 8.13. The molecule has 0 aliphatic carbocycles. The van der Waals surface area contributed by atoms with E-state index in [1.165, 1.54) is 4.90 Å². The molecule has 3 rings (SSSR count). The van der Waals surface area contributed by atoms with Gasteiger partial charge in [0.25, 0.3) is 17.1 Å². The first-order chi connectivity index (χ1) is 14.7. The average molecular weight is 440 g/mol. The van der Waals surface area contributed by atoms with Crippen LogP contribution in [0.15, 0.2) is 53.4 Å². The zero-order chi connectivity index (χ0) is 22.7. The van der Waals surface area contributed by atoms with E-state index >= 15 is 0 Å². The Bertz CT molecular complexity index is 983. The van der Waals surface area contributed by atoms with Gasteiger partial charge in [-0.2, -0.15) is 0 Å². The van der Waals surface area contributed by atoms with Crippen LogP contribution in [0.25, 0.3) is 0 Å². The molecule has 4 amide bonds. The summed E-state index contributed by atoms with van der Waals surface area (Å²) in [4.78, 5) is 54.0. The molecule has 0 bridgehead atoms. The van der Waals surface area contributed by atoms with Crippen molar-refractivity contribution in [1.29, 1.82) is 0 Å². The van der Waals surface area contributed by atoms with E-state index in [-0.39, 0.29) is 11.2 Å². The molecule has 162 valence electrons. The summed E-state index contributed by atoms with van der Waals surface area (Å²) in [5.41, 5.74) is 1.17. The van der Waals surface area contributed by atoms with E-state index in [1.54, 1.807) is 62.6 Å². The summed E-state index contributed by atoms with van der Waals surface area (Å²) in [6.45, 7) is 3.87. The van der Waals surface area contributed by atoms with E-state index in [1.807, 2.05) is 13.8 Å². The Morgan fingerprint density at radius 1 is 0.968 bits per heavy atom. The van der Waals surface area contributed by atoms with Crippen LogP contribution in [-0.2, 0) is 4.79 Å². The normalized spacial score (nSPS) is 13.9. The van der Waals surface area contributed by atoms with Crippen LogP contribution >= 0.6 is 11.8 Å². The molecule has 31 heavy (non-hydrogen) atoms. The van der Waals surface area contributed by atoms with Gasteiger partial charge in [0.15, 0.2) is 0 Å². The molecule has 2 aromatic rings. The van der Waals surface area contributed by atoms with Gasteiger partial charge in [-0.3, -0.25) is 24.1 Å². The lowest BCUT2D eigenvalue weighted by atomic mass is 10.0. The first-order valence-corrected chi connectivity index (χ1v) is 10.8. The summed E-state index contributed by atoms with van der Waals surface area (Å²) in [6, 6.07) is 12.5. The minimum atomic E-state index is -0.920. The van der Waals surface area contributed by atoms with Gasteiger partial charge in [-0.15, -0.1) is 0 Å². The number of carbonyl (C=O) groups excluding carboxylic acids is 4. The number of thioether (sulfide) groups is 1. The first kappa shape index (κ1) is 22.6. The third kappa shape index (κ3) is 4.96. The Labute approximate surface area is 185 Å². The second kappa shape index (κ2) is 9.34. The van der Waals surface area contributed by atoms with Crippen molar-refractivity contribution in [3.8, 4) is 0 Å². The molecule has 0 saturated carbocycles. The fourth-order valence-electron chi connectivity index (χ4n) is 3.29. The minimum Gasteiger partial charge on any atom is -0.339 e. The minimum absolute atomic E-state index is 0.0934. The van der Waals surface area contributed by atoms with Crippen molar-refractivity contribution in [2.24, 2.45) is 5.92 Å². The van der Waals surface area contributed by atoms with Gasteiger partial charge < -0.3 is 10.2 Å². The van der Waals surface area contributed by atoms with Crippen LogP contribution in [0, 0.1) is 5.92 Å². The summed E-state index contributed by atoms with van der Waals surface area (Å²) in [5.74, 6) is -1.23. The molecule has 8 heteroatoms. The SMILES string of the molecule is CC(C)CC(C(=O)Nc1ccc(SC(=O)N(C)C)cc1)N1C(=O)c2ccccc2C1=O. The largest absolute Gasteiger partial charge is 0.339 e. The van der Waals surface area contributed by atoms with E-state index in [0.29, 0.717) is 23.2 Å². The molecule has 1 unspecified atom stereocenters. The molecule has 0 fully saturated rings. The Morgan fingerprint density at radius 3 is 2.00 bits per heavy atom. The molecule has 0 aromatic heterocycles. The van der Waals surface area contributed by atoms with Crippen molar-refractivity contribution >= 4 is 40.4 Å². The van der Waals surface area contributed by atoms with E-state index in [0.717, 1.165) is 21.6 Å². The Balaban J connectivity index is 1.78. The Morgan fingerprint density at radius 2 is 1.52 bits per heavy atom. The monoisotopic (exact) mass is 439 g/mol. The van der Waals surface area contributed by atoms with E-state index in [4.69, 9.17) is 0 Å². The van der Waals surface area contributed by atoms with E-state index in [2.05, 4.69) is 5.32 Å². The first-order valence-electron chi connectivity index (χ1n) is 9.96.